The third-order valence-corrected chi connectivity index (χ3v) is 4.64. The Morgan fingerprint density at radius 1 is 1.45 bits per heavy atom. The highest BCUT2D eigenvalue weighted by molar-refractivity contribution is 14.1. The molecule has 0 atom stereocenters. The van der Waals surface area contributed by atoms with E-state index in [1.165, 1.54) is 19.2 Å². The molecule has 0 nitrogen and oxygen atoms in total. The van der Waals surface area contributed by atoms with Crippen molar-refractivity contribution < 1.29 is 0 Å². The van der Waals surface area contributed by atoms with E-state index in [9.17, 15) is 0 Å². The molecule has 0 fully saturated rings. The number of hydrogen-bond acceptors (Lipinski definition) is 0. The Morgan fingerprint density at radius 2 is 2.09 bits per heavy atom. The van der Waals surface area contributed by atoms with E-state index in [1.54, 1.807) is 0 Å². The van der Waals surface area contributed by atoms with Crippen molar-refractivity contribution in [1.29, 1.82) is 0 Å². The summed E-state index contributed by atoms with van der Waals surface area (Å²) in [6.45, 7) is 2.10. The second kappa shape index (κ2) is 4.23. The van der Waals surface area contributed by atoms with Gasteiger partial charge in [0.15, 0.2) is 0 Å². The summed E-state index contributed by atoms with van der Waals surface area (Å²) in [4.78, 5) is 0. The first-order valence-electron chi connectivity index (χ1n) is 3.15. The third-order valence-electron chi connectivity index (χ3n) is 1.39. The molecule has 0 amide bonds. The number of halogens is 3. The predicted octanol–water partition coefficient (Wildman–Crippen LogP) is 4.26. The van der Waals surface area contributed by atoms with E-state index in [0.29, 0.717) is 0 Å². The van der Waals surface area contributed by atoms with Crippen molar-refractivity contribution in [3.8, 4) is 0 Å². The molecule has 0 radical (unpaired) electrons. The summed E-state index contributed by atoms with van der Waals surface area (Å²) in [5.41, 5.74) is 2.64. The van der Waals surface area contributed by atoms with E-state index in [-0.39, 0.29) is 0 Å². The third kappa shape index (κ3) is 2.42. The Hall–Kier alpha value is 0.910. The van der Waals surface area contributed by atoms with E-state index in [2.05, 4.69) is 73.5 Å². The average molecular weight is 390 g/mol. The van der Waals surface area contributed by atoms with Gasteiger partial charge in [0.25, 0.3) is 0 Å². The summed E-state index contributed by atoms with van der Waals surface area (Å²) in [7, 11) is 0. The second-order valence-corrected chi connectivity index (χ2v) is 4.85. The van der Waals surface area contributed by atoms with Crippen molar-refractivity contribution in [3.05, 3.63) is 31.3 Å². The van der Waals surface area contributed by atoms with Crippen molar-refractivity contribution in [2.24, 2.45) is 0 Å². The maximum Gasteiger partial charge on any atom is 0.0314 e. The first-order chi connectivity index (χ1) is 5.15. The lowest BCUT2D eigenvalue weighted by Gasteiger charge is -2.04. The smallest absolute Gasteiger partial charge is 0.0314 e. The predicted molar refractivity (Wildman–Crippen MR) is 64.2 cm³/mol. The quantitative estimate of drug-likeness (QED) is 0.497. The minimum absolute atomic E-state index is 0.922. The molecule has 0 aliphatic rings. The molecule has 0 saturated heterocycles. The zero-order chi connectivity index (χ0) is 8.43. The Kier molecular flexibility index (Phi) is 3.85. The Balaban J connectivity index is 3.24. The first kappa shape index (κ1) is 9.99. The van der Waals surface area contributed by atoms with Gasteiger partial charge in [-0.15, -0.1) is 0 Å². The van der Waals surface area contributed by atoms with Crippen LogP contribution in [0.2, 0.25) is 0 Å². The van der Waals surface area contributed by atoms with Gasteiger partial charge in [-0.25, -0.2) is 0 Å². The van der Waals surface area contributed by atoms with Gasteiger partial charge in [-0.05, 0) is 62.6 Å². The van der Waals surface area contributed by atoms with Gasteiger partial charge < -0.3 is 0 Å². The van der Waals surface area contributed by atoms with E-state index in [4.69, 9.17) is 0 Å². The molecule has 1 aromatic carbocycles. The van der Waals surface area contributed by atoms with Crippen LogP contribution in [0.5, 0.6) is 0 Å². The van der Waals surface area contributed by atoms with Crippen molar-refractivity contribution in [1.82, 2.24) is 0 Å². The molecule has 11 heavy (non-hydrogen) atoms. The fraction of sp³-hybridized carbons (Fsp3) is 0.250. The molecule has 0 aromatic heterocycles. The molecule has 0 unspecified atom stereocenters. The van der Waals surface area contributed by atoms with Crippen LogP contribution >= 0.6 is 54.5 Å². The van der Waals surface area contributed by atoms with Crippen LogP contribution in [0.15, 0.2) is 16.6 Å². The molecular weight excluding hydrogens is 383 g/mol. The van der Waals surface area contributed by atoms with Crippen molar-refractivity contribution >= 4 is 54.5 Å². The Labute approximate surface area is 97.2 Å². The SMILES string of the molecule is Cc1cc(Br)c(I)c(CBr)c1. The van der Waals surface area contributed by atoms with Crippen LogP contribution < -0.4 is 0 Å². The summed E-state index contributed by atoms with van der Waals surface area (Å²) < 4.78 is 2.48. The van der Waals surface area contributed by atoms with E-state index >= 15 is 0 Å². The van der Waals surface area contributed by atoms with Gasteiger partial charge in [0.05, 0.1) is 0 Å². The summed E-state index contributed by atoms with van der Waals surface area (Å²) in [5.74, 6) is 0. The van der Waals surface area contributed by atoms with Gasteiger partial charge in [0, 0.05) is 13.4 Å². The largest absolute Gasteiger partial charge is 0.0876 e. The number of alkyl halides is 1. The van der Waals surface area contributed by atoms with Crippen LogP contribution in [0.4, 0.5) is 0 Å². The fourth-order valence-electron chi connectivity index (χ4n) is 0.894. The van der Waals surface area contributed by atoms with Gasteiger partial charge in [-0.1, -0.05) is 22.0 Å². The highest BCUT2D eigenvalue weighted by Gasteiger charge is 2.02. The van der Waals surface area contributed by atoms with Gasteiger partial charge in [-0.3, -0.25) is 0 Å². The Bertz CT molecular complexity index is 271. The Morgan fingerprint density at radius 3 is 2.64 bits per heavy atom. The summed E-state index contributed by atoms with van der Waals surface area (Å²) in [6.07, 6.45) is 0. The molecular formula is C8H7Br2I. The van der Waals surface area contributed by atoms with E-state index < -0.39 is 0 Å². The molecule has 3 heteroatoms. The minimum atomic E-state index is 0.922. The van der Waals surface area contributed by atoms with Crippen LogP contribution in [-0.4, -0.2) is 0 Å². The molecule has 0 spiro atoms. The summed E-state index contributed by atoms with van der Waals surface area (Å²) in [5, 5.41) is 0.922. The van der Waals surface area contributed by atoms with E-state index in [1.807, 2.05) is 0 Å². The monoisotopic (exact) mass is 388 g/mol. The van der Waals surface area contributed by atoms with Gasteiger partial charge >= 0.3 is 0 Å². The summed E-state index contributed by atoms with van der Waals surface area (Å²) >= 11 is 9.31. The molecule has 1 rings (SSSR count). The molecule has 60 valence electrons. The van der Waals surface area contributed by atoms with Crippen molar-refractivity contribution in [2.75, 3.05) is 0 Å². The number of benzene rings is 1. The molecule has 1 aromatic rings. The average Bonchev–Trinajstić information content (AvgIpc) is 1.96. The van der Waals surface area contributed by atoms with Crippen LogP contribution in [0.25, 0.3) is 0 Å². The van der Waals surface area contributed by atoms with Crippen LogP contribution in [0, 0.1) is 10.5 Å². The van der Waals surface area contributed by atoms with Crippen LogP contribution in [0.3, 0.4) is 0 Å². The molecule has 0 N–H and O–H groups in total. The number of aryl methyl sites for hydroxylation is 1. The maximum atomic E-state index is 3.51. The van der Waals surface area contributed by atoms with Crippen molar-refractivity contribution in [3.63, 3.8) is 0 Å². The highest BCUT2D eigenvalue weighted by Crippen LogP contribution is 2.25. The van der Waals surface area contributed by atoms with Crippen molar-refractivity contribution in [2.45, 2.75) is 12.3 Å². The molecule has 0 aliphatic carbocycles. The van der Waals surface area contributed by atoms with Crippen LogP contribution in [0.1, 0.15) is 11.1 Å². The maximum absolute atomic E-state index is 3.51. The number of rotatable bonds is 1. The number of hydrogen-bond donors (Lipinski definition) is 0. The van der Waals surface area contributed by atoms with Gasteiger partial charge in [0.2, 0.25) is 0 Å². The van der Waals surface area contributed by atoms with Crippen LogP contribution in [-0.2, 0) is 5.33 Å². The summed E-state index contributed by atoms with van der Waals surface area (Å²) in [6, 6.07) is 4.33. The topological polar surface area (TPSA) is 0 Å². The standard InChI is InChI=1S/C8H7Br2I/c1-5-2-6(4-9)8(11)7(10)3-5/h2-3H,4H2,1H3. The second-order valence-electron chi connectivity index (χ2n) is 2.35. The normalized spacial score (nSPS) is 10.2. The molecule has 0 heterocycles. The molecule has 0 bridgehead atoms. The highest BCUT2D eigenvalue weighted by atomic mass is 127. The lowest BCUT2D eigenvalue weighted by Crippen LogP contribution is -1.87. The van der Waals surface area contributed by atoms with Gasteiger partial charge in [0.1, 0.15) is 0 Å². The molecule has 0 aliphatic heterocycles. The zero-order valence-electron chi connectivity index (χ0n) is 6.00. The lowest BCUT2D eigenvalue weighted by atomic mass is 10.2. The zero-order valence-corrected chi connectivity index (χ0v) is 11.3. The van der Waals surface area contributed by atoms with Gasteiger partial charge in [-0.2, -0.15) is 0 Å². The lowest BCUT2D eigenvalue weighted by molar-refractivity contribution is 1.32. The molecule has 0 saturated carbocycles. The minimum Gasteiger partial charge on any atom is -0.0876 e. The fourth-order valence-corrected chi connectivity index (χ4v) is 2.98. The van der Waals surface area contributed by atoms with E-state index in [0.717, 1.165) is 5.33 Å². The first-order valence-corrected chi connectivity index (χ1v) is 6.15.